The molecule has 1 aromatic rings. The first kappa shape index (κ1) is 18.7. The van der Waals surface area contributed by atoms with E-state index in [4.69, 9.17) is 9.47 Å². The highest BCUT2D eigenvalue weighted by molar-refractivity contribution is 7.89. The molecule has 9 heteroatoms. The van der Waals surface area contributed by atoms with E-state index in [0.29, 0.717) is 13.1 Å². The second-order valence-corrected chi connectivity index (χ2v) is 8.30. The fourth-order valence-corrected chi connectivity index (χ4v) is 4.48. The van der Waals surface area contributed by atoms with Gasteiger partial charge in [0, 0.05) is 19.1 Å². The molecule has 1 saturated carbocycles. The molecule has 2 fully saturated rings. The van der Waals surface area contributed by atoms with E-state index in [1.807, 2.05) is 0 Å². The molecule has 0 unspecified atom stereocenters. The smallest absolute Gasteiger partial charge is 0.338 e. The maximum atomic E-state index is 12.8. The lowest BCUT2D eigenvalue weighted by atomic mass is 10.2. The lowest BCUT2D eigenvalue weighted by molar-refractivity contribution is -0.124. The van der Waals surface area contributed by atoms with Crippen LogP contribution in [0.25, 0.3) is 0 Å². The first-order valence-electron chi connectivity index (χ1n) is 8.56. The van der Waals surface area contributed by atoms with Gasteiger partial charge in [0.25, 0.3) is 5.91 Å². The molecule has 3 rings (SSSR count). The third-order valence-corrected chi connectivity index (χ3v) is 6.28. The number of carbonyl (C=O) groups is 2. The predicted octanol–water partition coefficient (Wildman–Crippen LogP) is 0.915. The van der Waals surface area contributed by atoms with Gasteiger partial charge in [-0.05, 0) is 43.9 Å². The quantitative estimate of drug-likeness (QED) is 0.704. The van der Waals surface area contributed by atoms with E-state index < -0.39 is 22.6 Å². The van der Waals surface area contributed by atoms with Gasteiger partial charge in [-0.2, -0.15) is 4.31 Å². The van der Waals surface area contributed by atoms with Crippen LogP contribution in [0, 0.1) is 0 Å². The number of nitrogens with one attached hydrogen (secondary N) is 1. The molecule has 0 radical (unpaired) electrons. The maximum Gasteiger partial charge on any atom is 0.338 e. The summed E-state index contributed by atoms with van der Waals surface area (Å²) in [4.78, 5) is 23.7. The van der Waals surface area contributed by atoms with Crippen LogP contribution in [0.5, 0.6) is 5.75 Å². The normalized spacial score (nSPS) is 17.7. The second kappa shape index (κ2) is 7.63. The number of carbonyl (C=O) groups excluding carboxylic acids is 2. The van der Waals surface area contributed by atoms with Gasteiger partial charge in [-0.1, -0.05) is 0 Å². The number of esters is 1. The number of nitrogens with zero attached hydrogens (tertiary/aromatic N) is 1. The van der Waals surface area contributed by atoms with Crippen LogP contribution >= 0.6 is 0 Å². The molecule has 0 atom stereocenters. The van der Waals surface area contributed by atoms with Crippen LogP contribution in [-0.4, -0.2) is 57.4 Å². The topological polar surface area (TPSA) is 102 Å². The lowest BCUT2D eigenvalue weighted by Gasteiger charge is -2.18. The van der Waals surface area contributed by atoms with Gasteiger partial charge in [-0.3, -0.25) is 4.79 Å². The van der Waals surface area contributed by atoms with Crippen molar-refractivity contribution < 1.29 is 27.5 Å². The van der Waals surface area contributed by atoms with Crippen LogP contribution < -0.4 is 10.1 Å². The molecule has 26 heavy (non-hydrogen) atoms. The summed E-state index contributed by atoms with van der Waals surface area (Å²) in [5, 5.41) is 2.71. The third kappa shape index (κ3) is 4.16. The average molecular weight is 382 g/mol. The Hall–Kier alpha value is -2.13. The Kier molecular flexibility index (Phi) is 5.47. The highest BCUT2D eigenvalue weighted by Gasteiger charge is 2.31. The number of amides is 1. The molecule has 2 aliphatic rings. The van der Waals surface area contributed by atoms with Gasteiger partial charge in [0.05, 0.1) is 12.7 Å². The molecule has 1 aromatic carbocycles. The van der Waals surface area contributed by atoms with Crippen molar-refractivity contribution in [3.8, 4) is 5.75 Å². The van der Waals surface area contributed by atoms with Gasteiger partial charge in [0.15, 0.2) is 6.61 Å². The summed E-state index contributed by atoms with van der Waals surface area (Å²) in [5.74, 6) is -0.948. The van der Waals surface area contributed by atoms with Gasteiger partial charge >= 0.3 is 5.97 Å². The van der Waals surface area contributed by atoms with Gasteiger partial charge in [0.1, 0.15) is 10.6 Å². The van der Waals surface area contributed by atoms with Crippen molar-refractivity contribution in [3.63, 3.8) is 0 Å². The Balaban J connectivity index is 1.75. The number of rotatable bonds is 7. The zero-order valence-electron chi connectivity index (χ0n) is 14.6. The van der Waals surface area contributed by atoms with Gasteiger partial charge in [-0.25, -0.2) is 13.2 Å². The van der Waals surface area contributed by atoms with Crippen molar-refractivity contribution in [2.75, 3.05) is 26.8 Å². The highest BCUT2D eigenvalue weighted by atomic mass is 32.2. The van der Waals surface area contributed by atoms with Crippen molar-refractivity contribution in [1.29, 1.82) is 0 Å². The summed E-state index contributed by atoms with van der Waals surface area (Å²) in [7, 11) is -2.38. The molecule has 1 saturated heterocycles. The Bertz CT molecular complexity index is 797. The van der Waals surface area contributed by atoms with E-state index in [1.54, 1.807) is 0 Å². The zero-order valence-corrected chi connectivity index (χ0v) is 15.4. The molecular formula is C17H22N2O6S. The lowest BCUT2D eigenvalue weighted by Crippen LogP contribution is -2.30. The SMILES string of the molecule is COc1ccc(C(=O)OCC(=O)NC2CC2)cc1S(=O)(=O)N1CCCC1. The van der Waals surface area contributed by atoms with Crippen molar-refractivity contribution >= 4 is 21.9 Å². The maximum absolute atomic E-state index is 12.8. The molecule has 0 spiro atoms. The molecule has 1 aliphatic carbocycles. The molecular weight excluding hydrogens is 360 g/mol. The number of ether oxygens (including phenoxy) is 2. The van der Waals surface area contributed by atoms with E-state index in [0.717, 1.165) is 25.7 Å². The minimum absolute atomic E-state index is 0.0581. The molecule has 1 amide bonds. The summed E-state index contributed by atoms with van der Waals surface area (Å²) in [6, 6.07) is 4.26. The minimum atomic E-state index is -3.76. The molecule has 0 bridgehead atoms. The van der Waals surface area contributed by atoms with E-state index in [2.05, 4.69) is 5.32 Å². The minimum Gasteiger partial charge on any atom is -0.495 e. The third-order valence-electron chi connectivity index (χ3n) is 4.36. The summed E-state index contributed by atoms with van der Waals surface area (Å²) in [6.07, 6.45) is 3.49. The van der Waals surface area contributed by atoms with Crippen LogP contribution in [0.3, 0.4) is 0 Å². The summed E-state index contributed by atoms with van der Waals surface area (Å²) in [5.41, 5.74) is 0.0581. The zero-order chi connectivity index (χ0) is 18.7. The van der Waals surface area contributed by atoms with Crippen molar-refractivity contribution in [2.45, 2.75) is 36.6 Å². The van der Waals surface area contributed by atoms with E-state index >= 15 is 0 Å². The van der Waals surface area contributed by atoms with Gasteiger partial charge in [-0.15, -0.1) is 0 Å². The van der Waals surface area contributed by atoms with Crippen LogP contribution in [0.4, 0.5) is 0 Å². The Morgan fingerprint density at radius 3 is 2.54 bits per heavy atom. The van der Waals surface area contributed by atoms with Crippen molar-refractivity contribution in [1.82, 2.24) is 9.62 Å². The monoisotopic (exact) mass is 382 g/mol. The summed E-state index contributed by atoms with van der Waals surface area (Å²) < 4.78 is 37.1. The largest absolute Gasteiger partial charge is 0.495 e. The molecule has 142 valence electrons. The molecule has 1 heterocycles. The fraction of sp³-hybridized carbons (Fsp3) is 0.529. The predicted molar refractivity (Wildman–Crippen MR) is 92.4 cm³/mol. The highest BCUT2D eigenvalue weighted by Crippen LogP contribution is 2.30. The molecule has 8 nitrogen and oxygen atoms in total. The standard InChI is InChI=1S/C17H22N2O6S/c1-24-14-7-4-12(17(21)25-11-16(20)18-13-5-6-13)10-15(14)26(22,23)19-8-2-3-9-19/h4,7,10,13H,2-3,5-6,8-9,11H2,1H3,(H,18,20). The van der Waals surface area contributed by atoms with Crippen LogP contribution in [-0.2, 0) is 19.6 Å². The number of benzene rings is 1. The Morgan fingerprint density at radius 2 is 1.92 bits per heavy atom. The van der Waals surface area contributed by atoms with Crippen molar-refractivity contribution in [2.24, 2.45) is 0 Å². The fourth-order valence-electron chi connectivity index (χ4n) is 2.78. The van der Waals surface area contributed by atoms with Crippen LogP contribution in [0.15, 0.2) is 23.1 Å². The number of sulfonamides is 1. The van der Waals surface area contributed by atoms with Crippen molar-refractivity contribution in [3.05, 3.63) is 23.8 Å². The Morgan fingerprint density at radius 1 is 1.23 bits per heavy atom. The second-order valence-electron chi connectivity index (χ2n) is 6.39. The van der Waals surface area contributed by atoms with E-state index in [9.17, 15) is 18.0 Å². The first-order chi connectivity index (χ1) is 12.4. The average Bonchev–Trinajstić information content (AvgIpc) is 3.25. The Labute approximate surface area is 152 Å². The summed E-state index contributed by atoms with van der Waals surface area (Å²) in [6.45, 7) is 0.499. The first-order valence-corrected chi connectivity index (χ1v) is 10.0. The van der Waals surface area contributed by atoms with Gasteiger partial charge in [0.2, 0.25) is 10.0 Å². The summed E-state index contributed by atoms with van der Waals surface area (Å²) >= 11 is 0. The van der Waals surface area contributed by atoms with E-state index in [1.165, 1.54) is 29.6 Å². The van der Waals surface area contributed by atoms with E-state index in [-0.39, 0.29) is 28.2 Å². The molecule has 1 N–H and O–H groups in total. The number of hydrogen-bond acceptors (Lipinski definition) is 6. The number of hydrogen-bond donors (Lipinski definition) is 1. The molecule has 0 aromatic heterocycles. The van der Waals surface area contributed by atoms with Crippen LogP contribution in [0.1, 0.15) is 36.0 Å². The van der Waals surface area contributed by atoms with Gasteiger partial charge < -0.3 is 14.8 Å². The molecule has 1 aliphatic heterocycles. The van der Waals surface area contributed by atoms with Crippen LogP contribution in [0.2, 0.25) is 0 Å². The number of methoxy groups -OCH3 is 1.